The van der Waals surface area contributed by atoms with E-state index in [1.165, 1.54) is 12.3 Å². The average molecular weight is 429 g/mol. The lowest BCUT2D eigenvalue weighted by atomic mass is 10.1. The van der Waals surface area contributed by atoms with E-state index in [0.29, 0.717) is 19.0 Å². The Labute approximate surface area is 173 Å². The molecule has 1 unspecified atom stereocenters. The van der Waals surface area contributed by atoms with Crippen LogP contribution in [0.2, 0.25) is 0 Å². The van der Waals surface area contributed by atoms with Gasteiger partial charge < -0.3 is 20.3 Å². The molecule has 1 heterocycles. The Morgan fingerprint density at radius 2 is 2.03 bits per heavy atom. The maximum absolute atomic E-state index is 13.7. The van der Waals surface area contributed by atoms with Crippen molar-refractivity contribution in [2.45, 2.75) is 38.8 Å². The lowest BCUT2D eigenvalue weighted by molar-refractivity contribution is 0.214. The van der Waals surface area contributed by atoms with Crippen LogP contribution in [-0.2, 0) is 9.84 Å². The number of benzene rings is 1. The number of nitrogens with one attached hydrogen (secondary N) is 2. The molecule has 1 aromatic rings. The Balaban J connectivity index is 1.81. The highest BCUT2D eigenvalue weighted by Crippen LogP contribution is 2.17. The van der Waals surface area contributed by atoms with Crippen LogP contribution in [0.5, 0.6) is 5.75 Å². The normalized spacial score (nSPS) is 17.7. The summed E-state index contributed by atoms with van der Waals surface area (Å²) in [6, 6.07) is 6.63. The van der Waals surface area contributed by atoms with Gasteiger partial charge in [0, 0.05) is 38.5 Å². The first kappa shape index (κ1) is 23.4. The predicted molar refractivity (Wildman–Crippen MR) is 115 cm³/mol. The summed E-state index contributed by atoms with van der Waals surface area (Å²) in [7, 11) is -2.93. The molecule has 29 heavy (non-hydrogen) atoms. The number of para-hydroxylation sites is 1. The minimum atomic E-state index is -2.93. The molecule has 2 rings (SSSR count). The van der Waals surface area contributed by atoms with Crippen molar-refractivity contribution in [3.63, 3.8) is 0 Å². The maximum Gasteiger partial charge on any atom is 0.191 e. The minimum absolute atomic E-state index is 0.203. The monoisotopic (exact) mass is 428 g/mol. The molecule has 2 N–H and O–H groups in total. The van der Waals surface area contributed by atoms with Crippen molar-refractivity contribution in [2.75, 3.05) is 44.7 Å². The van der Waals surface area contributed by atoms with E-state index in [9.17, 15) is 12.8 Å². The Hall–Kier alpha value is -1.87. The molecule has 1 fully saturated rings. The molecule has 164 valence electrons. The second-order valence-electron chi connectivity index (χ2n) is 7.47. The van der Waals surface area contributed by atoms with Gasteiger partial charge >= 0.3 is 0 Å². The fourth-order valence-electron chi connectivity index (χ4n) is 3.12. The molecule has 0 radical (unpaired) electrons. The number of hydrogen-bond donors (Lipinski definition) is 2. The largest absolute Gasteiger partial charge is 0.486 e. The molecule has 0 amide bonds. The van der Waals surface area contributed by atoms with Crippen LogP contribution in [0.4, 0.5) is 4.39 Å². The van der Waals surface area contributed by atoms with E-state index < -0.39 is 9.84 Å². The first-order valence-corrected chi connectivity index (χ1v) is 12.2. The van der Waals surface area contributed by atoms with Gasteiger partial charge in [0.2, 0.25) is 0 Å². The molecule has 1 atom stereocenters. The van der Waals surface area contributed by atoms with Crippen molar-refractivity contribution in [1.82, 2.24) is 15.5 Å². The Morgan fingerprint density at radius 3 is 2.66 bits per heavy atom. The van der Waals surface area contributed by atoms with Gasteiger partial charge in [0.1, 0.15) is 15.9 Å². The molecular formula is C20H33FN4O3S. The molecule has 0 bridgehead atoms. The van der Waals surface area contributed by atoms with Gasteiger partial charge in [0.15, 0.2) is 17.5 Å². The third-order valence-electron chi connectivity index (χ3n) is 4.72. The van der Waals surface area contributed by atoms with E-state index in [-0.39, 0.29) is 29.5 Å². The summed E-state index contributed by atoms with van der Waals surface area (Å²) >= 11 is 0. The topological polar surface area (TPSA) is 83.0 Å². The number of likely N-dealkylation sites (tertiary alicyclic amines) is 1. The van der Waals surface area contributed by atoms with Crippen LogP contribution in [0.1, 0.15) is 26.7 Å². The number of piperidine rings is 1. The first-order chi connectivity index (χ1) is 13.8. The second-order valence-corrected chi connectivity index (χ2v) is 9.73. The van der Waals surface area contributed by atoms with E-state index in [1.54, 1.807) is 18.2 Å². The highest BCUT2D eigenvalue weighted by Gasteiger charge is 2.20. The zero-order valence-electron chi connectivity index (χ0n) is 17.5. The van der Waals surface area contributed by atoms with Crippen molar-refractivity contribution < 1.29 is 17.5 Å². The Bertz CT molecular complexity index is 765. The fraction of sp³-hybridized carbons (Fsp3) is 0.650. The van der Waals surface area contributed by atoms with Crippen molar-refractivity contribution in [3.05, 3.63) is 30.1 Å². The summed E-state index contributed by atoms with van der Waals surface area (Å²) in [6.45, 7) is 7.31. The molecule has 1 aliphatic rings. The van der Waals surface area contributed by atoms with Crippen LogP contribution in [0.15, 0.2) is 29.3 Å². The molecule has 7 nitrogen and oxygen atoms in total. The SMILES string of the molecule is CCNC(=NCC(C)Oc1ccccc1F)NC1CCN(CCS(C)(=O)=O)CC1. The van der Waals surface area contributed by atoms with Gasteiger partial charge in [-0.05, 0) is 38.8 Å². The van der Waals surface area contributed by atoms with Crippen LogP contribution in [0.25, 0.3) is 0 Å². The van der Waals surface area contributed by atoms with E-state index >= 15 is 0 Å². The molecule has 1 saturated heterocycles. The number of halogens is 1. The third-order valence-corrected chi connectivity index (χ3v) is 5.65. The van der Waals surface area contributed by atoms with Crippen LogP contribution in [0, 0.1) is 5.82 Å². The quantitative estimate of drug-likeness (QED) is 0.460. The molecule has 0 aliphatic carbocycles. The number of hydrogen-bond acceptors (Lipinski definition) is 5. The summed E-state index contributed by atoms with van der Waals surface area (Å²) in [5, 5.41) is 6.68. The molecule has 0 aromatic heterocycles. The van der Waals surface area contributed by atoms with Gasteiger partial charge in [0.05, 0.1) is 12.3 Å². The van der Waals surface area contributed by atoms with Gasteiger partial charge in [-0.25, -0.2) is 17.8 Å². The first-order valence-electron chi connectivity index (χ1n) is 10.1. The highest BCUT2D eigenvalue weighted by molar-refractivity contribution is 7.90. The van der Waals surface area contributed by atoms with Gasteiger partial charge in [-0.2, -0.15) is 0 Å². The number of ether oxygens (including phenoxy) is 1. The van der Waals surface area contributed by atoms with Crippen molar-refractivity contribution in [2.24, 2.45) is 4.99 Å². The molecule has 1 aromatic carbocycles. The predicted octanol–water partition coefficient (Wildman–Crippen LogP) is 1.66. The van der Waals surface area contributed by atoms with E-state index in [0.717, 1.165) is 32.5 Å². The Kier molecular flexibility index (Phi) is 9.16. The summed E-state index contributed by atoms with van der Waals surface area (Å²) in [5.41, 5.74) is 0. The summed E-state index contributed by atoms with van der Waals surface area (Å²) in [6.07, 6.45) is 2.86. The summed E-state index contributed by atoms with van der Waals surface area (Å²) in [5.74, 6) is 0.770. The number of sulfone groups is 1. The lowest BCUT2D eigenvalue weighted by Crippen LogP contribution is -2.49. The van der Waals surface area contributed by atoms with Crippen molar-refractivity contribution >= 4 is 15.8 Å². The van der Waals surface area contributed by atoms with Gasteiger partial charge in [-0.15, -0.1) is 0 Å². The minimum Gasteiger partial charge on any atom is -0.486 e. The molecule has 1 aliphatic heterocycles. The smallest absolute Gasteiger partial charge is 0.191 e. The summed E-state index contributed by atoms with van der Waals surface area (Å²) < 4.78 is 42.0. The number of aliphatic imine (C=N–C) groups is 1. The van der Waals surface area contributed by atoms with E-state index in [4.69, 9.17) is 4.74 Å². The van der Waals surface area contributed by atoms with E-state index in [2.05, 4.69) is 20.5 Å². The van der Waals surface area contributed by atoms with Crippen LogP contribution < -0.4 is 15.4 Å². The second kappa shape index (κ2) is 11.3. The van der Waals surface area contributed by atoms with Gasteiger partial charge in [0.25, 0.3) is 0 Å². The van der Waals surface area contributed by atoms with Gasteiger partial charge in [-0.3, -0.25) is 0 Å². The van der Waals surface area contributed by atoms with E-state index in [1.807, 2.05) is 13.8 Å². The van der Waals surface area contributed by atoms with Crippen LogP contribution >= 0.6 is 0 Å². The van der Waals surface area contributed by atoms with Crippen molar-refractivity contribution in [3.8, 4) is 5.75 Å². The number of guanidine groups is 1. The molecule has 9 heteroatoms. The van der Waals surface area contributed by atoms with Crippen LogP contribution in [0.3, 0.4) is 0 Å². The highest BCUT2D eigenvalue weighted by atomic mass is 32.2. The fourth-order valence-corrected chi connectivity index (χ4v) is 3.71. The summed E-state index contributed by atoms with van der Waals surface area (Å²) in [4.78, 5) is 6.76. The van der Waals surface area contributed by atoms with Gasteiger partial charge in [-0.1, -0.05) is 12.1 Å². The zero-order valence-corrected chi connectivity index (χ0v) is 18.3. The van der Waals surface area contributed by atoms with Crippen LogP contribution in [-0.4, -0.2) is 76.2 Å². The third kappa shape index (κ3) is 8.99. The zero-order chi connectivity index (χ0) is 21.3. The van der Waals surface area contributed by atoms with Crippen molar-refractivity contribution in [1.29, 1.82) is 0 Å². The number of rotatable bonds is 9. The molecule has 0 spiro atoms. The number of nitrogens with zero attached hydrogens (tertiary/aromatic N) is 2. The standard InChI is InChI=1S/C20H33FN4O3S/c1-4-22-20(23-15-16(2)28-19-8-6-5-7-18(19)21)24-17-9-11-25(12-10-17)13-14-29(3,26)27/h5-8,16-17H,4,9-15H2,1-3H3,(H2,22,23,24). The lowest BCUT2D eigenvalue weighted by Gasteiger charge is -2.33. The average Bonchev–Trinajstić information content (AvgIpc) is 2.67. The molecule has 0 saturated carbocycles. The Morgan fingerprint density at radius 1 is 1.34 bits per heavy atom. The molecular weight excluding hydrogens is 395 g/mol. The maximum atomic E-state index is 13.7.